The highest BCUT2D eigenvalue weighted by molar-refractivity contribution is 7.99. The highest BCUT2D eigenvalue weighted by atomic mass is 35.5. The Balaban J connectivity index is 1.69. The predicted molar refractivity (Wildman–Crippen MR) is 100 cm³/mol. The standard InChI is InChI=1S/C17H13ClF3N5OS/c1-26-15(10-4-6-22-7-5-10)24-25-16(26)28-9-14(27)23-13-3-2-11(18)8-12(13)17(19,20)21/h2-8H,9H2,1H3,(H,23,27). The van der Waals surface area contributed by atoms with Crippen molar-refractivity contribution in [2.45, 2.75) is 11.3 Å². The van der Waals surface area contributed by atoms with E-state index in [4.69, 9.17) is 11.6 Å². The van der Waals surface area contributed by atoms with Gasteiger partial charge >= 0.3 is 6.18 Å². The van der Waals surface area contributed by atoms with E-state index >= 15 is 0 Å². The summed E-state index contributed by atoms with van der Waals surface area (Å²) in [5.41, 5.74) is -0.549. The summed E-state index contributed by atoms with van der Waals surface area (Å²) in [6.07, 6.45) is -1.40. The van der Waals surface area contributed by atoms with E-state index in [1.807, 2.05) is 0 Å². The van der Waals surface area contributed by atoms with E-state index in [1.54, 1.807) is 36.1 Å². The zero-order chi connectivity index (χ0) is 20.3. The van der Waals surface area contributed by atoms with Gasteiger partial charge in [0.15, 0.2) is 11.0 Å². The van der Waals surface area contributed by atoms with Crippen molar-refractivity contribution in [2.24, 2.45) is 7.05 Å². The van der Waals surface area contributed by atoms with Gasteiger partial charge in [-0.05, 0) is 30.3 Å². The molecule has 3 aromatic rings. The number of alkyl halides is 3. The second-order valence-corrected chi connectivity index (χ2v) is 7.00. The fraction of sp³-hybridized carbons (Fsp3) is 0.176. The lowest BCUT2D eigenvalue weighted by Crippen LogP contribution is -2.18. The summed E-state index contributed by atoms with van der Waals surface area (Å²) in [6, 6.07) is 6.71. The number of benzene rings is 1. The Morgan fingerprint density at radius 1 is 1.21 bits per heavy atom. The van der Waals surface area contributed by atoms with Crippen LogP contribution in [0.4, 0.5) is 18.9 Å². The second kappa shape index (κ2) is 8.19. The fourth-order valence-electron chi connectivity index (χ4n) is 2.37. The van der Waals surface area contributed by atoms with Crippen molar-refractivity contribution in [3.05, 3.63) is 53.3 Å². The Labute approximate surface area is 167 Å². The van der Waals surface area contributed by atoms with Crippen LogP contribution in [-0.2, 0) is 18.0 Å². The molecule has 146 valence electrons. The molecule has 0 fully saturated rings. The lowest BCUT2D eigenvalue weighted by atomic mass is 10.1. The lowest BCUT2D eigenvalue weighted by Gasteiger charge is -2.14. The fourth-order valence-corrected chi connectivity index (χ4v) is 3.25. The molecular formula is C17H13ClF3N5OS. The molecule has 11 heteroatoms. The largest absolute Gasteiger partial charge is 0.418 e. The minimum Gasteiger partial charge on any atom is -0.325 e. The smallest absolute Gasteiger partial charge is 0.325 e. The molecule has 6 nitrogen and oxygen atoms in total. The van der Waals surface area contributed by atoms with E-state index in [0.29, 0.717) is 11.0 Å². The Morgan fingerprint density at radius 3 is 2.61 bits per heavy atom. The SMILES string of the molecule is Cn1c(SCC(=O)Nc2ccc(Cl)cc2C(F)(F)F)nnc1-c1ccncc1. The van der Waals surface area contributed by atoms with Crippen molar-refractivity contribution in [1.82, 2.24) is 19.7 Å². The quantitative estimate of drug-likeness (QED) is 0.615. The molecule has 0 radical (unpaired) electrons. The van der Waals surface area contributed by atoms with Crippen molar-refractivity contribution in [2.75, 3.05) is 11.1 Å². The average molecular weight is 428 g/mol. The number of nitrogens with zero attached hydrogens (tertiary/aromatic N) is 4. The van der Waals surface area contributed by atoms with Crippen LogP contribution in [0.2, 0.25) is 5.02 Å². The summed E-state index contributed by atoms with van der Waals surface area (Å²) in [7, 11) is 1.73. The molecule has 0 aliphatic carbocycles. The zero-order valence-electron chi connectivity index (χ0n) is 14.4. The van der Waals surface area contributed by atoms with Crippen LogP contribution >= 0.6 is 23.4 Å². The van der Waals surface area contributed by atoms with Gasteiger partial charge in [0.05, 0.1) is 17.0 Å². The molecule has 0 aliphatic rings. The van der Waals surface area contributed by atoms with Crippen molar-refractivity contribution in [1.29, 1.82) is 0 Å². The first kappa shape index (κ1) is 20.2. The molecule has 0 atom stereocenters. The highest BCUT2D eigenvalue weighted by Crippen LogP contribution is 2.36. The normalized spacial score (nSPS) is 11.5. The van der Waals surface area contributed by atoms with Gasteiger partial charge in [0.2, 0.25) is 5.91 Å². The van der Waals surface area contributed by atoms with Crippen LogP contribution in [0.15, 0.2) is 47.9 Å². The summed E-state index contributed by atoms with van der Waals surface area (Å²) < 4.78 is 41.0. The molecule has 0 spiro atoms. The number of rotatable bonds is 5. The maximum absolute atomic E-state index is 13.1. The summed E-state index contributed by atoms with van der Waals surface area (Å²) in [4.78, 5) is 16.1. The van der Waals surface area contributed by atoms with E-state index < -0.39 is 17.6 Å². The van der Waals surface area contributed by atoms with Crippen molar-refractivity contribution < 1.29 is 18.0 Å². The van der Waals surface area contributed by atoms with Gasteiger partial charge in [0.25, 0.3) is 0 Å². The van der Waals surface area contributed by atoms with Crippen LogP contribution in [0.25, 0.3) is 11.4 Å². The maximum atomic E-state index is 13.1. The van der Waals surface area contributed by atoms with Gasteiger partial charge in [-0.3, -0.25) is 9.78 Å². The summed E-state index contributed by atoms with van der Waals surface area (Å²) in [5.74, 6) is -0.156. The number of nitrogens with one attached hydrogen (secondary N) is 1. The second-order valence-electron chi connectivity index (χ2n) is 5.63. The molecule has 2 heterocycles. The molecule has 28 heavy (non-hydrogen) atoms. The van der Waals surface area contributed by atoms with Gasteiger partial charge in [0, 0.05) is 30.0 Å². The van der Waals surface area contributed by atoms with Crippen LogP contribution in [0, 0.1) is 0 Å². The topological polar surface area (TPSA) is 72.7 Å². The van der Waals surface area contributed by atoms with Crippen LogP contribution < -0.4 is 5.32 Å². The number of carbonyl (C=O) groups is 1. The zero-order valence-corrected chi connectivity index (χ0v) is 15.9. The molecule has 0 saturated carbocycles. The average Bonchev–Trinajstić information content (AvgIpc) is 3.02. The molecule has 0 saturated heterocycles. The number of hydrogen-bond donors (Lipinski definition) is 1. The van der Waals surface area contributed by atoms with Crippen LogP contribution in [0.5, 0.6) is 0 Å². The first-order chi connectivity index (χ1) is 13.3. The number of thioether (sulfide) groups is 1. The number of aromatic nitrogens is 4. The number of amides is 1. The van der Waals surface area contributed by atoms with E-state index in [9.17, 15) is 18.0 Å². The lowest BCUT2D eigenvalue weighted by molar-refractivity contribution is -0.137. The summed E-state index contributed by atoms with van der Waals surface area (Å²) >= 11 is 6.69. The Morgan fingerprint density at radius 2 is 1.93 bits per heavy atom. The van der Waals surface area contributed by atoms with Crippen molar-refractivity contribution in [3.8, 4) is 11.4 Å². The van der Waals surface area contributed by atoms with Crippen molar-refractivity contribution >= 4 is 35.0 Å². The van der Waals surface area contributed by atoms with E-state index in [1.165, 1.54) is 6.07 Å². The Kier molecular flexibility index (Phi) is 5.90. The monoisotopic (exact) mass is 427 g/mol. The molecule has 0 bridgehead atoms. The summed E-state index contributed by atoms with van der Waals surface area (Å²) in [5, 5.41) is 10.7. The van der Waals surface area contributed by atoms with Gasteiger partial charge in [-0.2, -0.15) is 13.2 Å². The molecule has 2 aromatic heterocycles. The number of hydrogen-bond acceptors (Lipinski definition) is 5. The third-order valence-corrected chi connectivity index (χ3v) is 4.92. The van der Waals surface area contributed by atoms with Crippen LogP contribution in [0.3, 0.4) is 0 Å². The molecule has 1 N–H and O–H groups in total. The highest BCUT2D eigenvalue weighted by Gasteiger charge is 2.34. The third kappa shape index (κ3) is 4.63. The van der Waals surface area contributed by atoms with Crippen molar-refractivity contribution in [3.63, 3.8) is 0 Å². The van der Waals surface area contributed by atoms with E-state index in [2.05, 4.69) is 20.5 Å². The van der Waals surface area contributed by atoms with Crippen LogP contribution in [0.1, 0.15) is 5.56 Å². The van der Waals surface area contributed by atoms with Gasteiger partial charge in [0.1, 0.15) is 0 Å². The molecular weight excluding hydrogens is 415 g/mol. The molecule has 1 aromatic carbocycles. The Hall–Kier alpha value is -2.59. The first-order valence-corrected chi connectivity index (χ1v) is 9.21. The molecule has 0 unspecified atom stereocenters. The molecule has 0 aliphatic heterocycles. The molecule has 1 amide bonds. The predicted octanol–water partition coefficient (Wildman–Crippen LogP) is 4.28. The maximum Gasteiger partial charge on any atom is 0.418 e. The minimum absolute atomic E-state index is 0.0672. The minimum atomic E-state index is -4.64. The number of halogens is 4. The van der Waals surface area contributed by atoms with Gasteiger partial charge in [-0.1, -0.05) is 23.4 Å². The number of anilines is 1. The van der Waals surface area contributed by atoms with Gasteiger partial charge in [-0.15, -0.1) is 10.2 Å². The summed E-state index contributed by atoms with van der Waals surface area (Å²) in [6.45, 7) is 0. The van der Waals surface area contributed by atoms with Gasteiger partial charge in [-0.25, -0.2) is 0 Å². The van der Waals surface area contributed by atoms with E-state index in [0.717, 1.165) is 29.5 Å². The first-order valence-electron chi connectivity index (χ1n) is 7.85. The third-order valence-electron chi connectivity index (χ3n) is 3.67. The molecule has 3 rings (SSSR count). The number of carbonyl (C=O) groups excluding carboxylic acids is 1. The Bertz CT molecular complexity index is 994. The van der Waals surface area contributed by atoms with Crippen LogP contribution in [-0.4, -0.2) is 31.4 Å². The van der Waals surface area contributed by atoms with E-state index in [-0.39, 0.29) is 16.5 Å². The number of pyridine rings is 1. The van der Waals surface area contributed by atoms with Gasteiger partial charge < -0.3 is 9.88 Å².